The van der Waals surface area contributed by atoms with Gasteiger partial charge in [0, 0.05) is 26.2 Å². The lowest BCUT2D eigenvalue weighted by Crippen LogP contribution is -2.25. The number of aromatic nitrogens is 1. The van der Waals surface area contributed by atoms with Gasteiger partial charge in [-0.2, -0.15) is 0 Å². The molecule has 2 aromatic carbocycles. The van der Waals surface area contributed by atoms with Crippen molar-refractivity contribution in [1.29, 1.82) is 0 Å². The Balaban J connectivity index is 1.84. The van der Waals surface area contributed by atoms with Crippen molar-refractivity contribution in [1.82, 2.24) is 10.5 Å². The summed E-state index contributed by atoms with van der Waals surface area (Å²) in [5, 5.41) is 6.85. The molecular formula is C22H22FN3O3. The Morgan fingerprint density at radius 2 is 2.00 bits per heavy atom. The van der Waals surface area contributed by atoms with E-state index in [1.165, 1.54) is 25.3 Å². The van der Waals surface area contributed by atoms with E-state index < -0.39 is 5.82 Å². The molecule has 0 radical (unpaired) electrons. The van der Waals surface area contributed by atoms with Gasteiger partial charge in [-0.3, -0.25) is 4.79 Å². The summed E-state index contributed by atoms with van der Waals surface area (Å²) < 4.78 is 24.2. The van der Waals surface area contributed by atoms with Crippen molar-refractivity contribution >= 4 is 17.8 Å². The van der Waals surface area contributed by atoms with E-state index >= 15 is 0 Å². The second kappa shape index (κ2) is 9.05. The number of nitrogens with one attached hydrogen (secondary N) is 1. The van der Waals surface area contributed by atoms with Gasteiger partial charge in [-0.25, -0.2) is 4.39 Å². The number of nitrogens with zero attached hydrogens (tertiary/aromatic N) is 2. The zero-order valence-corrected chi connectivity index (χ0v) is 16.5. The first kappa shape index (κ1) is 20.1. The van der Waals surface area contributed by atoms with Crippen molar-refractivity contribution in [2.75, 3.05) is 32.6 Å². The molecule has 0 spiro atoms. The van der Waals surface area contributed by atoms with E-state index in [1.807, 2.05) is 42.5 Å². The summed E-state index contributed by atoms with van der Waals surface area (Å²) in [6, 6.07) is 14.0. The van der Waals surface area contributed by atoms with Crippen LogP contribution in [0.5, 0.6) is 5.75 Å². The number of halogens is 1. The van der Waals surface area contributed by atoms with Crippen LogP contribution in [-0.2, 0) is 0 Å². The number of methoxy groups -OCH3 is 1. The molecular weight excluding hydrogens is 373 g/mol. The number of carbonyl (C=O) groups excluding carboxylic acids is 1. The third kappa shape index (κ3) is 4.63. The fourth-order valence-corrected chi connectivity index (χ4v) is 2.79. The van der Waals surface area contributed by atoms with Gasteiger partial charge in [-0.05, 0) is 23.8 Å². The number of benzene rings is 2. The van der Waals surface area contributed by atoms with Crippen LogP contribution in [-0.4, -0.2) is 38.8 Å². The highest BCUT2D eigenvalue weighted by atomic mass is 19.1. The van der Waals surface area contributed by atoms with Gasteiger partial charge in [0.25, 0.3) is 5.91 Å². The van der Waals surface area contributed by atoms with E-state index in [1.54, 1.807) is 19.0 Å². The van der Waals surface area contributed by atoms with Gasteiger partial charge in [-0.15, -0.1) is 0 Å². The van der Waals surface area contributed by atoms with Crippen LogP contribution in [0.2, 0.25) is 0 Å². The molecule has 1 N–H and O–H groups in total. The van der Waals surface area contributed by atoms with Crippen molar-refractivity contribution < 1.29 is 18.4 Å². The first-order valence-corrected chi connectivity index (χ1v) is 9.02. The molecule has 0 atom stereocenters. The Morgan fingerprint density at radius 3 is 2.69 bits per heavy atom. The molecule has 0 aliphatic heterocycles. The van der Waals surface area contributed by atoms with Gasteiger partial charge < -0.3 is 19.5 Å². The Kier molecular flexibility index (Phi) is 6.29. The maximum Gasteiger partial charge on any atom is 0.259 e. The molecule has 0 saturated carbocycles. The van der Waals surface area contributed by atoms with E-state index in [0.717, 1.165) is 5.56 Å². The fourth-order valence-electron chi connectivity index (χ4n) is 2.79. The van der Waals surface area contributed by atoms with Crippen LogP contribution in [0.25, 0.3) is 17.4 Å². The molecule has 150 valence electrons. The zero-order chi connectivity index (χ0) is 20.8. The molecule has 0 saturated heterocycles. The number of carbonyl (C=O) groups is 1. The lowest BCUT2D eigenvalue weighted by molar-refractivity contribution is 0.0958. The molecule has 0 unspecified atom stereocenters. The number of hydrogen-bond acceptors (Lipinski definition) is 5. The largest absolute Gasteiger partial charge is 0.494 e. The lowest BCUT2D eigenvalue weighted by atomic mass is 10.1. The molecule has 0 aliphatic carbocycles. The summed E-state index contributed by atoms with van der Waals surface area (Å²) in [6.45, 7) is 0.331. The number of ether oxygens (including phenoxy) is 1. The molecule has 0 fully saturated rings. The normalized spacial score (nSPS) is 10.9. The van der Waals surface area contributed by atoms with E-state index in [0.29, 0.717) is 17.9 Å². The minimum absolute atomic E-state index is 0.0578. The molecule has 3 rings (SSSR count). The van der Waals surface area contributed by atoms with Gasteiger partial charge in [0.2, 0.25) is 0 Å². The molecule has 1 heterocycles. The van der Waals surface area contributed by atoms with Crippen LogP contribution in [0.3, 0.4) is 0 Å². The van der Waals surface area contributed by atoms with Crippen LogP contribution >= 0.6 is 0 Å². The summed E-state index contributed by atoms with van der Waals surface area (Å²) in [5.41, 5.74) is 1.81. The molecule has 0 bridgehead atoms. The van der Waals surface area contributed by atoms with E-state index in [2.05, 4.69) is 10.5 Å². The number of anilines is 1. The number of rotatable bonds is 7. The molecule has 0 aliphatic rings. The average Bonchev–Trinajstić information content (AvgIpc) is 3.18. The van der Waals surface area contributed by atoms with Crippen molar-refractivity contribution in [2.24, 2.45) is 0 Å². The Hall–Kier alpha value is -3.61. The predicted octanol–water partition coefficient (Wildman–Crippen LogP) is 4.00. The van der Waals surface area contributed by atoms with Crippen LogP contribution in [0.1, 0.15) is 15.9 Å². The topological polar surface area (TPSA) is 67.6 Å². The zero-order valence-electron chi connectivity index (χ0n) is 16.5. The van der Waals surface area contributed by atoms with Crippen LogP contribution in [0, 0.1) is 5.82 Å². The smallest absolute Gasteiger partial charge is 0.259 e. The summed E-state index contributed by atoms with van der Waals surface area (Å²) in [7, 11) is 4.90. The molecule has 3 aromatic rings. The highest BCUT2D eigenvalue weighted by Gasteiger charge is 2.25. The van der Waals surface area contributed by atoms with E-state index in [4.69, 9.17) is 9.26 Å². The standard InChI is InChI=1S/C22H22FN3O3/c1-26(2)21-19(22(27)24-13-7-10-15-8-5-4-6-9-15)20(29-25-21)16-11-12-17(23)18(14-16)28-3/h4-12,14H,13H2,1-3H3,(H,24,27)/b10-7+. The van der Waals surface area contributed by atoms with Gasteiger partial charge in [0.05, 0.1) is 7.11 Å². The quantitative estimate of drug-likeness (QED) is 0.655. The second-order valence-electron chi connectivity index (χ2n) is 6.48. The van der Waals surface area contributed by atoms with E-state index in [-0.39, 0.29) is 23.0 Å². The summed E-state index contributed by atoms with van der Waals surface area (Å²) in [5.74, 6) is -0.154. The van der Waals surface area contributed by atoms with Crippen LogP contribution < -0.4 is 15.0 Å². The van der Waals surface area contributed by atoms with Crippen molar-refractivity contribution in [3.05, 3.63) is 71.6 Å². The Labute approximate surface area is 168 Å². The molecule has 7 heteroatoms. The summed E-state index contributed by atoms with van der Waals surface area (Å²) in [6.07, 6.45) is 3.78. The fraction of sp³-hybridized carbons (Fsp3) is 0.182. The van der Waals surface area contributed by atoms with E-state index in [9.17, 15) is 9.18 Å². The first-order valence-electron chi connectivity index (χ1n) is 9.02. The third-order valence-corrected chi connectivity index (χ3v) is 4.23. The van der Waals surface area contributed by atoms with Crippen molar-refractivity contribution in [2.45, 2.75) is 0 Å². The van der Waals surface area contributed by atoms with Crippen molar-refractivity contribution in [3.8, 4) is 17.1 Å². The molecule has 1 amide bonds. The van der Waals surface area contributed by atoms with Crippen LogP contribution in [0.4, 0.5) is 10.2 Å². The SMILES string of the molecule is COc1cc(-c2onc(N(C)C)c2C(=O)NC/C=C/c2ccccc2)ccc1F. The minimum atomic E-state index is -0.499. The number of amides is 1. The van der Waals surface area contributed by atoms with Gasteiger partial charge >= 0.3 is 0 Å². The monoisotopic (exact) mass is 395 g/mol. The van der Waals surface area contributed by atoms with Crippen molar-refractivity contribution in [3.63, 3.8) is 0 Å². The average molecular weight is 395 g/mol. The van der Waals surface area contributed by atoms with Crippen LogP contribution in [0.15, 0.2) is 59.1 Å². The molecule has 6 nitrogen and oxygen atoms in total. The van der Waals surface area contributed by atoms with Gasteiger partial charge in [0.1, 0.15) is 5.56 Å². The number of hydrogen-bond donors (Lipinski definition) is 1. The second-order valence-corrected chi connectivity index (χ2v) is 6.48. The van der Waals surface area contributed by atoms with Gasteiger partial charge in [-0.1, -0.05) is 47.6 Å². The predicted molar refractivity (Wildman–Crippen MR) is 111 cm³/mol. The lowest BCUT2D eigenvalue weighted by Gasteiger charge is -2.11. The Bertz CT molecular complexity index is 1010. The van der Waals surface area contributed by atoms with Gasteiger partial charge in [0.15, 0.2) is 23.1 Å². The maximum atomic E-state index is 13.8. The Morgan fingerprint density at radius 1 is 1.24 bits per heavy atom. The minimum Gasteiger partial charge on any atom is -0.494 e. The highest BCUT2D eigenvalue weighted by Crippen LogP contribution is 2.33. The third-order valence-electron chi connectivity index (χ3n) is 4.23. The first-order chi connectivity index (χ1) is 14.0. The summed E-state index contributed by atoms with van der Waals surface area (Å²) >= 11 is 0. The summed E-state index contributed by atoms with van der Waals surface area (Å²) in [4.78, 5) is 14.6. The molecule has 1 aromatic heterocycles. The maximum absolute atomic E-state index is 13.8. The highest BCUT2D eigenvalue weighted by molar-refractivity contribution is 6.04. The molecule has 29 heavy (non-hydrogen) atoms.